The molecule has 2 heterocycles. The highest BCUT2D eigenvalue weighted by Crippen LogP contribution is 2.17. The van der Waals surface area contributed by atoms with E-state index in [1.165, 1.54) is 12.7 Å². The van der Waals surface area contributed by atoms with Crippen LogP contribution in [0.15, 0.2) is 31.0 Å². The molecule has 0 aliphatic carbocycles. The van der Waals surface area contributed by atoms with E-state index < -0.39 is 0 Å². The summed E-state index contributed by atoms with van der Waals surface area (Å²) in [6.07, 6.45) is 4.65. The van der Waals surface area contributed by atoms with Gasteiger partial charge in [-0.1, -0.05) is 0 Å². The lowest BCUT2D eigenvalue weighted by Gasteiger charge is -1.98. The standard InChI is InChI=1S/C8H5IN4/c9-6-2-1-3-11-7(6)8-12-4-10-5-13-8/h1-5H. The van der Waals surface area contributed by atoms with Gasteiger partial charge in [-0.3, -0.25) is 4.98 Å². The molecule has 0 unspecified atom stereocenters. The van der Waals surface area contributed by atoms with E-state index in [0.717, 1.165) is 9.26 Å². The Labute approximate surface area is 88.6 Å². The minimum absolute atomic E-state index is 0.611. The second-order valence-corrected chi connectivity index (χ2v) is 3.46. The minimum Gasteiger partial charge on any atom is -0.252 e. The smallest absolute Gasteiger partial charge is 0.182 e. The lowest BCUT2D eigenvalue weighted by molar-refractivity contribution is 1.04. The largest absolute Gasteiger partial charge is 0.252 e. The molecule has 0 fully saturated rings. The van der Waals surface area contributed by atoms with Crippen molar-refractivity contribution in [3.8, 4) is 11.5 Å². The first-order chi connectivity index (χ1) is 6.38. The van der Waals surface area contributed by atoms with Gasteiger partial charge in [-0.25, -0.2) is 15.0 Å². The van der Waals surface area contributed by atoms with Crippen molar-refractivity contribution in [3.05, 3.63) is 34.6 Å². The molecule has 2 aromatic rings. The molecule has 0 bridgehead atoms. The van der Waals surface area contributed by atoms with Crippen LogP contribution in [-0.4, -0.2) is 19.9 Å². The van der Waals surface area contributed by atoms with Crippen molar-refractivity contribution in [3.63, 3.8) is 0 Å². The molecular weight excluding hydrogens is 279 g/mol. The molecule has 64 valence electrons. The first-order valence-electron chi connectivity index (χ1n) is 3.61. The van der Waals surface area contributed by atoms with Gasteiger partial charge in [-0.2, -0.15) is 0 Å². The van der Waals surface area contributed by atoms with Gasteiger partial charge in [0.1, 0.15) is 18.3 Å². The average Bonchev–Trinajstić information content (AvgIpc) is 2.20. The quantitative estimate of drug-likeness (QED) is 0.745. The molecule has 0 aliphatic rings. The molecule has 0 saturated heterocycles. The van der Waals surface area contributed by atoms with Gasteiger partial charge in [0.2, 0.25) is 0 Å². The highest BCUT2D eigenvalue weighted by atomic mass is 127. The van der Waals surface area contributed by atoms with Crippen LogP contribution >= 0.6 is 22.6 Å². The summed E-state index contributed by atoms with van der Waals surface area (Å²) in [6, 6.07) is 3.85. The molecular formula is C8H5IN4. The third-order valence-corrected chi connectivity index (χ3v) is 2.33. The average molecular weight is 284 g/mol. The number of hydrogen-bond donors (Lipinski definition) is 0. The summed E-state index contributed by atoms with van der Waals surface area (Å²) in [5.41, 5.74) is 0.797. The zero-order chi connectivity index (χ0) is 9.10. The van der Waals surface area contributed by atoms with Crippen LogP contribution in [0.2, 0.25) is 0 Å². The van der Waals surface area contributed by atoms with Crippen LogP contribution in [0.5, 0.6) is 0 Å². The van der Waals surface area contributed by atoms with Crippen molar-refractivity contribution < 1.29 is 0 Å². The Kier molecular flexibility index (Phi) is 2.44. The maximum Gasteiger partial charge on any atom is 0.182 e. The number of aromatic nitrogens is 4. The third kappa shape index (κ3) is 1.80. The summed E-state index contributed by atoms with van der Waals surface area (Å²) in [5.74, 6) is 0.611. The highest BCUT2D eigenvalue weighted by molar-refractivity contribution is 14.1. The van der Waals surface area contributed by atoms with E-state index in [1.54, 1.807) is 6.20 Å². The third-order valence-electron chi connectivity index (χ3n) is 1.46. The Morgan fingerprint density at radius 1 is 1.08 bits per heavy atom. The van der Waals surface area contributed by atoms with E-state index >= 15 is 0 Å². The molecule has 2 rings (SSSR count). The zero-order valence-electron chi connectivity index (χ0n) is 6.55. The molecule has 2 aromatic heterocycles. The van der Waals surface area contributed by atoms with E-state index in [2.05, 4.69) is 42.5 Å². The number of pyridine rings is 1. The summed E-state index contributed by atoms with van der Waals surface area (Å²) < 4.78 is 1.03. The van der Waals surface area contributed by atoms with Gasteiger partial charge in [0, 0.05) is 9.77 Å². The van der Waals surface area contributed by atoms with Gasteiger partial charge in [-0.15, -0.1) is 0 Å². The molecule has 0 N–H and O–H groups in total. The Morgan fingerprint density at radius 2 is 1.85 bits per heavy atom. The van der Waals surface area contributed by atoms with Gasteiger partial charge in [-0.05, 0) is 34.7 Å². The lowest BCUT2D eigenvalue weighted by atomic mass is 10.3. The van der Waals surface area contributed by atoms with Gasteiger partial charge < -0.3 is 0 Å². The molecule has 0 spiro atoms. The number of hydrogen-bond acceptors (Lipinski definition) is 4. The Hall–Kier alpha value is -1.11. The number of nitrogens with zero attached hydrogens (tertiary/aromatic N) is 4. The number of halogens is 1. The highest BCUT2D eigenvalue weighted by Gasteiger charge is 2.04. The molecule has 0 amide bonds. The van der Waals surface area contributed by atoms with E-state index in [1.807, 2.05) is 12.1 Å². The van der Waals surface area contributed by atoms with Crippen molar-refractivity contribution in [2.75, 3.05) is 0 Å². The zero-order valence-corrected chi connectivity index (χ0v) is 8.71. The molecule has 5 heteroatoms. The summed E-state index contributed by atoms with van der Waals surface area (Å²) in [5, 5.41) is 0. The fourth-order valence-corrected chi connectivity index (χ4v) is 1.50. The fraction of sp³-hybridized carbons (Fsp3) is 0. The maximum absolute atomic E-state index is 4.19. The van der Waals surface area contributed by atoms with Crippen LogP contribution < -0.4 is 0 Å². The molecule has 0 aliphatic heterocycles. The van der Waals surface area contributed by atoms with Crippen molar-refractivity contribution in [1.82, 2.24) is 19.9 Å². The second-order valence-electron chi connectivity index (χ2n) is 2.30. The molecule has 0 radical (unpaired) electrons. The van der Waals surface area contributed by atoms with Crippen LogP contribution in [-0.2, 0) is 0 Å². The van der Waals surface area contributed by atoms with E-state index in [4.69, 9.17) is 0 Å². The monoisotopic (exact) mass is 284 g/mol. The molecule has 4 nitrogen and oxygen atoms in total. The Morgan fingerprint density at radius 3 is 2.54 bits per heavy atom. The predicted molar refractivity (Wildman–Crippen MR) is 55.8 cm³/mol. The van der Waals surface area contributed by atoms with Crippen molar-refractivity contribution in [2.24, 2.45) is 0 Å². The summed E-state index contributed by atoms with van der Waals surface area (Å²) in [4.78, 5) is 16.0. The minimum atomic E-state index is 0.611. The summed E-state index contributed by atoms with van der Waals surface area (Å²) in [7, 11) is 0. The van der Waals surface area contributed by atoms with Crippen molar-refractivity contribution in [1.29, 1.82) is 0 Å². The van der Waals surface area contributed by atoms with Gasteiger partial charge in [0.25, 0.3) is 0 Å². The number of rotatable bonds is 1. The van der Waals surface area contributed by atoms with Crippen LogP contribution in [0.25, 0.3) is 11.5 Å². The van der Waals surface area contributed by atoms with Crippen molar-refractivity contribution in [2.45, 2.75) is 0 Å². The van der Waals surface area contributed by atoms with E-state index in [9.17, 15) is 0 Å². The van der Waals surface area contributed by atoms with E-state index in [0.29, 0.717) is 5.82 Å². The normalized spacial score (nSPS) is 9.92. The Bertz CT molecular complexity index is 404. The molecule has 0 aromatic carbocycles. The van der Waals surface area contributed by atoms with Crippen LogP contribution in [0.4, 0.5) is 0 Å². The van der Waals surface area contributed by atoms with Gasteiger partial charge >= 0.3 is 0 Å². The molecule has 13 heavy (non-hydrogen) atoms. The van der Waals surface area contributed by atoms with Crippen LogP contribution in [0.1, 0.15) is 0 Å². The lowest BCUT2D eigenvalue weighted by Crippen LogP contribution is -1.93. The summed E-state index contributed by atoms with van der Waals surface area (Å²) >= 11 is 2.20. The van der Waals surface area contributed by atoms with Crippen LogP contribution in [0.3, 0.4) is 0 Å². The summed E-state index contributed by atoms with van der Waals surface area (Å²) in [6.45, 7) is 0. The van der Waals surface area contributed by atoms with Crippen LogP contribution in [0, 0.1) is 3.57 Å². The first-order valence-corrected chi connectivity index (χ1v) is 4.68. The maximum atomic E-state index is 4.19. The Balaban J connectivity index is 2.54. The fourth-order valence-electron chi connectivity index (χ4n) is 0.912. The molecule has 0 saturated carbocycles. The predicted octanol–water partition coefficient (Wildman–Crippen LogP) is 1.54. The van der Waals surface area contributed by atoms with Crippen molar-refractivity contribution >= 4 is 22.6 Å². The van der Waals surface area contributed by atoms with Gasteiger partial charge in [0.05, 0.1) is 0 Å². The van der Waals surface area contributed by atoms with E-state index in [-0.39, 0.29) is 0 Å². The second kappa shape index (κ2) is 3.73. The SMILES string of the molecule is Ic1cccnc1-c1ncncn1. The topological polar surface area (TPSA) is 51.6 Å². The molecule has 0 atom stereocenters. The van der Waals surface area contributed by atoms with Gasteiger partial charge in [0.15, 0.2) is 5.82 Å². The first kappa shape index (κ1) is 8.49.